The highest BCUT2D eigenvalue weighted by molar-refractivity contribution is 6.21. The van der Waals surface area contributed by atoms with Gasteiger partial charge in [0.2, 0.25) is 5.91 Å². The number of hydrogen-bond donors (Lipinski definition) is 1. The number of fused-ring (bicyclic) bond motifs is 1. The molecule has 0 spiro atoms. The van der Waals surface area contributed by atoms with Crippen LogP contribution < -0.4 is 5.32 Å². The molecular weight excluding hydrogens is 308 g/mol. The van der Waals surface area contributed by atoms with E-state index in [1.807, 2.05) is 0 Å². The number of aromatic nitrogens is 1. The summed E-state index contributed by atoms with van der Waals surface area (Å²) >= 11 is 0. The number of amides is 3. The third kappa shape index (κ3) is 2.66. The molecule has 0 bridgehead atoms. The van der Waals surface area contributed by atoms with Crippen molar-refractivity contribution in [3.05, 3.63) is 59.4 Å². The lowest BCUT2D eigenvalue weighted by atomic mass is 10.2. The number of anilines is 1. The van der Waals surface area contributed by atoms with Crippen LogP contribution in [0.1, 0.15) is 20.8 Å². The number of rotatable bonds is 3. The van der Waals surface area contributed by atoms with Crippen molar-refractivity contribution in [1.29, 1.82) is 0 Å². The molecule has 2 aromatic rings. The number of hydrogen-bond acceptors (Lipinski definition) is 4. The Kier molecular flexibility index (Phi) is 3.57. The fourth-order valence-corrected chi connectivity index (χ4v) is 2.18. The predicted molar refractivity (Wildman–Crippen MR) is 74.6 cm³/mol. The van der Waals surface area contributed by atoms with Gasteiger partial charge < -0.3 is 5.32 Å². The van der Waals surface area contributed by atoms with Crippen LogP contribution in [0.25, 0.3) is 0 Å². The zero-order valence-corrected chi connectivity index (χ0v) is 11.5. The fraction of sp³-hybridized carbons (Fsp3) is 0.0667. The smallest absolute Gasteiger partial charge is 0.280 e. The van der Waals surface area contributed by atoms with E-state index in [9.17, 15) is 23.2 Å². The molecule has 3 amide bonds. The van der Waals surface area contributed by atoms with Gasteiger partial charge in [0.25, 0.3) is 11.8 Å². The van der Waals surface area contributed by atoms with Crippen molar-refractivity contribution in [3.8, 4) is 0 Å². The molecule has 116 valence electrons. The number of nitrogens with zero attached hydrogens (tertiary/aromatic N) is 2. The minimum atomic E-state index is -1.12. The Hall–Kier alpha value is -3.16. The van der Waals surface area contributed by atoms with Gasteiger partial charge in [0.15, 0.2) is 11.6 Å². The number of imide groups is 1. The average molecular weight is 317 g/mol. The van der Waals surface area contributed by atoms with Gasteiger partial charge in [-0.2, -0.15) is 0 Å². The Balaban J connectivity index is 1.73. The summed E-state index contributed by atoms with van der Waals surface area (Å²) in [6, 6.07) is 5.78. The largest absolute Gasteiger partial charge is 0.324 e. The van der Waals surface area contributed by atoms with Crippen LogP contribution in [-0.4, -0.2) is 34.2 Å². The second-order valence-corrected chi connectivity index (χ2v) is 4.77. The fourth-order valence-electron chi connectivity index (χ4n) is 2.18. The van der Waals surface area contributed by atoms with Gasteiger partial charge in [-0.15, -0.1) is 0 Å². The molecule has 0 radical (unpaired) electrons. The standard InChI is InChI=1S/C15H9F2N3O3/c16-10-4-3-8(6-11(10)17)19-12(21)7-20-14(22)9-2-1-5-18-13(9)15(20)23/h1-6H,7H2,(H,19,21). The van der Waals surface area contributed by atoms with Crippen molar-refractivity contribution in [2.24, 2.45) is 0 Å². The van der Waals surface area contributed by atoms with Gasteiger partial charge >= 0.3 is 0 Å². The third-order valence-electron chi connectivity index (χ3n) is 3.24. The van der Waals surface area contributed by atoms with Gasteiger partial charge in [-0.3, -0.25) is 24.3 Å². The van der Waals surface area contributed by atoms with E-state index in [0.29, 0.717) is 0 Å². The second-order valence-electron chi connectivity index (χ2n) is 4.77. The van der Waals surface area contributed by atoms with Gasteiger partial charge in [0.1, 0.15) is 12.2 Å². The first-order valence-electron chi connectivity index (χ1n) is 6.53. The van der Waals surface area contributed by atoms with E-state index in [2.05, 4.69) is 10.3 Å². The van der Waals surface area contributed by atoms with E-state index in [1.54, 1.807) is 0 Å². The highest BCUT2D eigenvalue weighted by Crippen LogP contribution is 2.20. The SMILES string of the molecule is O=C(CN1C(=O)c2cccnc2C1=O)Nc1ccc(F)c(F)c1. The Morgan fingerprint density at radius 2 is 1.91 bits per heavy atom. The van der Waals surface area contributed by atoms with Crippen molar-refractivity contribution in [2.75, 3.05) is 11.9 Å². The predicted octanol–water partition coefficient (Wildman–Crippen LogP) is 1.59. The monoisotopic (exact) mass is 317 g/mol. The van der Waals surface area contributed by atoms with Crippen LogP contribution in [0.2, 0.25) is 0 Å². The van der Waals surface area contributed by atoms with Gasteiger partial charge in [-0.1, -0.05) is 0 Å². The van der Waals surface area contributed by atoms with E-state index in [1.165, 1.54) is 24.4 Å². The Morgan fingerprint density at radius 1 is 1.13 bits per heavy atom. The number of carbonyl (C=O) groups is 3. The summed E-state index contributed by atoms with van der Waals surface area (Å²) in [5.74, 6) is -4.18. The van der Waals surface area contributed by atoms with Crippen LogP contribution in [0.4, 0.5) is 14.5 Å². The van der Waals surface area contributed by atoms with E-state index < -0.39 is 35.9 Å². The van der Waals surface area contributed by atoms with E-state index in [-0.39, 0.29) is 16.9 Å². The average Bonchev–Trinajstić information content (AvgIpc) is 2.76. The number of halogens is 2. The first-order valence-corrected chi connectivity index (χ1v) is 6.53. The van der Waals surface area contributed by atoms with Gasteiger partial charge in [-0.25, -0.2) is 8.78 Å². The molecule has 1 N–H and O–H groups in total. The summed E-state index contributed by atoms with van der Waals surface area (Å²) in [6.07, 6.45) is 1.37. The Bertz CT molecular complexity index is 803. The highest BCUT2D eigenvalue weighted by Gasteiger charge is 2.37. The quantitative estimate of drug-likeness (QED) is 0.872. The van der Waals surface area contributed by atoms with Crippen molar-refractivity contribution < 1.29 is 23.2 Å². The Morgan fingerprint density at radius 3 is 2.61 bits per heavy atom. The normalized spacial score (nSPS) is 13.2. The first kappa shape index (κ1) is 14.8. The summed E-state index contributed by atoms with van der Waals surface area (Å²) in [5.41, 5.74) is 0.125. The molecular formula is C15H9F2N3O3. The molecule has 0 saturated carbocycles. The second kappa shape index (κ2) is 5.56. The van der Waals surface area contributed by atoms with Crippen LogP contribution in [-0.2, 0) is 4.79 Å². The highest BCUT2D eigenvalue weighted by atomic mass is 19.2. The molecule has 6 nitrogen and oxygen atoms in total. The maximum Gasteiger partial charge on any atom is 0.280 e. The molecule has 23 heavy (non-hydrogen) atoms. The number of benzene rings is 1. The first-order chi connectivity index (χ1) is 11.0. The van der Waals surface area contributed by atoms with E-state index in [0.717, 1.165) is 17.0 Å². The van der Waals surface area contributed by atoms with Gasteiger partial charge in [0, 0.05) is 18.0 Å². The number of carbonyl (C=O) groups excluding carboxylic acids is 3. The van der Waals surface area contributed by atoms with E-state index in [4.69, 9.17) is 0 Å². The summed E-state index contributed by atoms with van der Waals surface area (Å²) in [6.45, 7) is -0.549. The molecule has 3 rings (SSSR count). The third-order valence-corrected chi connectivity index (χ3v) is 3.24. The Labute approximate surface area is 128 Å². The van der Waals surface area contributed by atoms with Crippen molar-refractivity contribution >= 4 is 23.4 Å². The van der Waals surface area contributed by atoms with Crippen molar-refractivity contribution in [3.63, 3.8) is 0 Å². The maximum atomic E-state index is 13.1. The lowest BCUT2D eigenvalue weighted by Gasteiger charge is -2.13. The molecule has 8 heteroatoms. The zero-order valence-electron chi connectivity index (χ0n) is 11.5. The van der Waals surface area contributed by atoms with Crippen LogP contribution in [0.15, 0.2) is 36.5 Å². The summed E-state index contributed by atoms with van der Waals surface area (Å²) in [7, 11) is 0. The lowest BCUT2D eigenvalue weighted by Crippen LogP contribution is -2.37. The molecule has 0 fully saturated rings. The summed E-state index contributed by atoms with van der Waals surface area (Å²) in [5, 5.41) is 2.29. The minimum absolute atomic E-state index is 0.0156. The van der Waals surface area contributed by atoms with Crippen LogP contribution in [0.5, 0.6) is 0 Å². The number of pyridine rings is 1. The minimum Gasteiger partial charge on any atom is -0.324 e. The van der Waals surface area contributed by atoms with E-state index >= 15 is 0 Å². The molecule has 1 aliphatic heterocycles. The van der Waals surface area contributed by atoms with Crippen molar-refractivity contribution in [2.45, 2.75) is 0 Å². The molecule has 1 aromatic carbocycles. The van der Waals surface area contributed by atoms with Gasteiger partial charge in [-0.05, 0) is 24.3 Å². The maximum absolute atomic E-state index is 13.1. The molecule has 0 aliphatic carbocycles. The molecule has 1 aliphatic rings. The summed E-state index contributed by atoms with van der Waals surface area (Å²) < 4.78 is 25.9. The summed E-state index contributed by atoms with van der Waals surface area (Å²) in [4.78, 5) is 40.6. The topological polar surface area (TPSA) is 79.4 Å². The number of nitrogens with one attached hydrogen (secondary N) is 1. The molecule has 0 saturated heterocycles. The lowest BCUT2D eigenvalue weighted by molar-refractivity contribution is -0.116. The van der Waals surface area contributed by atoms with Crippen LogP contribution in [0, 0.1) is 11.6 Å². The molecule has 0 unspecified atom stereocenters. The van der Waals surface area contributed by atoms with Crippen molar-refractivity contribution in [1.82, 2.24) is 9.88 Å². The zero-order chi connectivity index (χ0) is 16.6. The molecule has 0 atom stereocenters. The van der Waals surface area contributed by atoms with Gasteiger partial charge in [0.05, 0.1) is 5.56 Å². The molecule has 1 aromatic heterocycles. The molecule has 2 heterocycles. The van der Waals surface area contributed by atoms with Crippen LogP contribution in [0.3, 0.4) is 0 Å². The van der Waals surface area contributed by atoms with Crippen LogP contribution >= 0.6 is 0 Å².